The van der Waals surface area contributed by atoms with E-state index in [1.165, 1.54) is 25.1 Å². The molecule has 0 bridgehead atoms. The zero-order valence-corrected chi connectivity index (χ0v) is 28.0. The van der Waals surface area contributed by atoms with Gasteiger partial charge in [0.25, 0.3) is 11.8 Å². The van der Waals surface area contributed by atoms with E-state index in [2.05, 4.69) is 30.7 Å². The first-order valence-electron chi connectivity index (χ1n) is 17.8. The van der Waals surface area contributed by atoms with Gasteiger partial charge < -0.3 is 39.8 Å². The number of amides is 2. The molecule has 0 unspecified atom stereocenters. The van der Waals surface area contributed by atoms with Crippen LogP contribution in [0.4, 0.5) is 10.1 Å². The number of likely N-dealkylation sites (tertiary alicyclic amines) is 2. The van der Waals surface area contributed by atoms with Gasteiger partial charge in [0.15, 0.2) is 17.3 Å². The van der Waals surface area contributed by atoms with Crippen LogP contribution in [0.1, 0.15) is 52.8 Å². The lowest BCUT2D eigenvalue weighted by atomic mass is 10.0. The van der Waals surface area contributed by atoms with Gasteiger partial charge in [0.2, 0.25) is 5.43 Å². The lowest BCUT2D eigenvalue weighted by Gasteiger charge is -2.27. The van der Waals surface area contributed by atoms with Gasteiger partial charge in [0, 0.05) is 57.6 Å². The average molecular weight is 676 g/mol. The summed E-state index contributed by atoms with van der Waals surface area (Å²) in [4.78, 5) is 47.3. The SMILES string of the molecule is O=C(NCCN1CCCC1)c1ccc2c(c1)Oc1c(NCCCN3CCOCC3)c(F)cc3c(=O)c(C(=O)NCCN4CCCC4)cn-2c13. The van der Waals surface area contributed by atoms with Gasteiger partial charge in [-0.2, -0.15) is 0 Å². The van der Waals surface area contributed by atoms with Gasteiger partial charge in [-0.3, -0.25) is 19.3 Å². The Kier molecular flexibility index (Phi) is 10.4. The number of nitrogens with one attached hydrogen (secondary N) is 3. The second-order valence-electron chi connectivity index (χ2n) is 13.3. The molecule has 49 heavy (non-hydrogen) atoms. The summed E-state index contributed by atoms with van der Waals surface area (Å²) in [5.41, 5.74) is 0.800. The van der Waals surface area contributed by atoms with Crippen molar-refractivity contribution < 1.29 is 23.5 Å². The Morgan fingerprint density at radius 1 is 0.796 bits per heavy atom. The first-order chi connectivity index (χ1) is 24.0. The van der Waals surface area contributed by atoms with E-state index in [4.69, 9.17) is 9.47 Å². The summed E-state index contributed by atoms with van der Waals surface area (Å²) in [7, 11) is 0. The highest BCUT2D eigenvalue weighted by Gasteiger charge is 2.29. The van der Waals surface area contributed by atoms with E-state index in [9.17, 15) is 14.4 Å². The number of ether oxygens (including phenoxy) is 2. The number of morpholine rings is 1. The Balaban J connectivity index is 1.17. The van der Waals surface area contributed by atoms with Crippen LogP contribution in [0.5, 0.6) is 11.5 Å². The van der Waals surface area contributed by atoms with Gasteiger partial charge >= 0.3 is 0 Å². The van der Waals surface area contributed by atoms with Crippen molar-refractivity contribution in [2.24, 2.45) is 0 Å². The van der Waals surface area contributed by atoms with Crippen LogP contribution >= 0.6 is 0 Å². The first kappa shape index (κ1) is 33.5. The van der Waals surface area contributed by atoms with E-state index in [1.54, 1.807) is 22.8 Å². The number of carbonyl (C=O) groups is 2. The average Bonchev–Trinajstić information content (AvgIpc) is 3.84. The number of nitrogens with zero attached hydrogens (tertiary/aromatic N) is 4. The van der Waals surface area contributed by atoms with Gasteiger partial charge in [-0.25, -0.2) is 4.39 Å². The first-order valence-corrected chi connectivity index (χ1v) is 17.8. The maximum atomic E-state index is 16.0. The lowest BCUT2D eigenvalue weighted by molar-refractivity contribution is 0.0378. The van der Waals surface area contributed by atoms with Gasteiger partial charge in [-0.05, 0) is 89.1 Å². The summed E-state index contributed by atoms with van der Waals surface area (Å²) in [6, 6.07) is 6.27. The Hall–Kier alpha value is -4.04. The van der Waals surface area contributed by atoms with Gasteiger partial charge in [0.05, 0.1) is 24.3 Å². The highest BCUT2D eigenvalue weighted by molar-refractivity contribution is 6.01. The fourth-order valence-electron chi connectivity index (χ4n) is 7.29. The van der Waals surface area contributed by atoms with Crippen molar-refractivity contribution in [2.75, 3.05) is 97.1 Å². The molecule has 0 saturated carbocycles. The molecule has 3 N–H and O–H groups in total. The van der Waals surface area contributed by atoms with E-state index in [-0.39, 0.29) is 28.3 Å². The van der Waals surface area contributed by atoms with Crippen molar-refractivity contribution in [3.8, 4) is 17.2 Å². The zero-order chi connectivity index (χ0) is 33.7. The fraction of sp³-hybridized carbons (Fsp3) is 0.528. The number of aromatic nitrogens is 1. The minimum absolute atomic E-state index is 0.0490. The third-order valence-corrected chi connectivity index (χ3v) is 10.0. The molecule has 0 radical (unpaired) electrons. The quantitative estimate of drug-likeness (QED) is 0.184. The van der Waals surface area contributed by atoms with E-state index < -0.39 is 17.2 Å². The summed E-state index contributed by atoms with van der Waals surface area (Å²) in [5.74, 6) is -0.918. The van der Waals surface area contributed by atoms with E-state index in [1.807, 2.05) is 0 Å². The summed E-state index contributed by atoms with van der Waals surface area (Å²) in [6.07, 6.45) is 6.93. The molecule has 4 aliphatic heterocycles. The second kappa shape index (κ2) is 15.2. The van der Waals surface area contributed by atoms with Gasteiger partial charge in [-0.15, -0.1) is 0 Å². The normalized spacial score (nSPS) is 18.0. The summed E-state index contributed by atoms with van der Waals surface area (Å²) >= 11 is 0. The standard InChI is InChI=1S/C36H46FN7O5/c37-28-23-26-32-34(31(28)38-8-5-15-43-18-20-48-21-19-43)49-30-22-25(35(46)39-9-16-41-11-1-2-12-41)6-7-29(30)44(32)24-27(33(26)45)36(47)40-10-17-42-13-3-4-14-42/h6-7,22-24,38H,1-5,8-21H2,(H,39,46)(H,40,47). The molecular formula is C36H46FN7O5. The third kappa shape index (κ3) is 7.45. The molecule has 0 aliphatic carbocycles. The zero-order valence-electron chi connectivity index (χ0n) is 28.0. The Morgan fingerprint density at radius 2 is 1.45 bits per heavy atom. The molecule has 12 nitrogen and oxygen atoms in total. The number of pyridine rings is 1. The molecule has 13 heteroatoms. The number of hydrogen-bond donors (Lipinski definition) is 3. The Bertz CT molecular complexity index is 1750. The molecule has 3 saturated heterocycles. The molecule has 3 fully saturated rings. The van der Waals surface area contributed by atoms with Crippen molar-refractivity contribution in [2.45, 2.75) is 32.1 Å². The van der Waals surface area contributed by atoms with E-state index in [0.29, 0.717) is 61.9 Å². The fourth-order valence-corrected chi connectivity index (χ4v) is 7.29. The van der Waals surface area contributed by atoms with Crippen LogP contribution in [0, 0.1) is 5.82 Å². The maximum Gasteiger partial charge on any atom is 0.256 e. The summed E-state index contributed by atoms with van der Waals surface area (Å²) in [5, 5.41) is 9.16. The molecule has 3 aromatic rings. The van der Waals surface area contributed by atoms with E-state index in [0.717, 1.165) is 71.6 Å². The number of anilines is 1. The highest BCUT2D eigenvalue weighted by Crippen LogP contribution is 2.45. The van der Waals surface area contributed by atoms with Crippen LogP contribution in [0.3, 0.4) is 0 Å². The largest absolute Gasteiger partial charge is 0.451 e. The third-order valence-electron chi connectivity index (χ3n) is 10.0. The molecule has 4 aliphatic rings. The molecule has 1 aromatic heterocycles. The van der Waals surface area contributed by atoms with Crippen molar-refractivity contribution in [1.82, 2.24) is 29.9 Å². The van der Waals surface area contributed by atoms with Crippen molar-refractivity contribution in [3.05, 3.63) is 57.6 Å². The molecule has 262 valence electrons. The summed E-state index contributed by atoms with van der Waals surface area (Å²) < 4.78 is 29.5. The Morgan fingerprint density at radius 3 is 2.14 bits per heavy atom. The summed E-state index contributed by atoms with van der Waals surface area (Å²) in [6.45, 7) is 11.0. The molecule has 0 spiro atoms. The monoisotopic (exact) mass is 675 g/mol. The van der Waals surface area contributed by atoms with Crippen molar-refractivity contribution >= 4 is 28.4 Å². The van der Waals surface area contributed by atoms with Gasteiger partial charge in [0.1, 0.15) is 16.8 Å². The highest BCUT2D eigenvalue weighted by atomic mass is 19.1. The smallest absolute Gasteiger partial charge is 0.256 e. The number of benzene rings is 2. The Labute approximate surface area is 285 Å². The van der Waals surface area contributed by atoms with E-state index >= 15 is 4.39 Å². The van der Waals surface area contributed by atoms with Crippen LogP contribution in [0.25, 0.3) is 16.6 Å². The van der Waals surface area contributed by atoms with Crippen LogP contribution in [0.15, 0.2) is 35.3 Å². The van der Waals surface area contributed by atoms with Crippen LogP contribution in [-0.4, -0.2) is 123 Å². The maximum absolute atomic E-state index is 16.0. The second-order valence-corrected chi connectivity index (χ2v) is 13.3. The number of fused-ring (bicyclic) bond motifs is 2. The minimum Gasteiger partial charge on any atom is -0.451 e. The molecule has 2 amide bonds. The molecule has 5 heterocycles. The predicted octanol–water partition coefficient (Wildman–Crippen LogP) is 3.02. The topological polar surface area (TPSA) is 120 Å². The number of rotatable bonds is 13. The van der Waals surface area contributed by atoms with Crippen LogP contribution < -0.4 is 26.1 Å². The number of carbonyl (C=O) groups excluding carboxylic acids is 2. The number of hydrogen-bond acceptors (Lipinski definition) is 9. The molecule has 7 rings (SSSR count). The van der Waals surface area contributed by atoms with Gasteiger partial charge in [-0.1, -0.05) is 0 Å². The van der Waals surface area contributed by atoms with Crippen molar-refractivity contribution in [1.29, 1.82) is 0 Å². The number of halogens is 1. The molecule has 0 atom stereocenters. The molecular weight excluding hydrogens is 629 g/mol. The molecule has 2 aromatic carbocycles. The van der Waals surface area contributed by atoms with Crippen LogP contribution in [-0.2, 0) is 4.74 Å². The van der Waals surface area contributed by atoms with Crippen LogP contribution in [0.2, 0.25) is 0 Å². The predicted molar refractivity (Wildman–Crippen MR) is 186 cm³/mol. The lowest BCUT2D eigenvalue weighted by Crippen LogP contribution is -2.37. The van der Waals surface area contributed by atoms with Crippen molar-refractivity contribution in [3.63, 3.8) is 0 Å². The minimum atomic E-state index is -0.650.